The number of halogens is 1. The Balaban J connectivity index is 0.00000108. The summed E-state index contributed by atoms with van der Waals surface area (Å²) in [6, 6.07) is 0. The molecule has 0 saturated carbocycles. The van der Waals surface area contributed by atoms with E-state index in [1.165, 1.54) is 6.42 Å². The van der Waals surface area contributed by atoms with E-state index in [1.807, 2.05) is 12.4 Å². The van der Waals surface area contributed by atoms with Crippen molar-refractivity contribution in [1.29, 1.82) is 0 Å². The van der Waals surface area contributed by atoms with Crippen LogP contribution in [-0.4, -0.2) is 49.2 Å². The van der Waals surface area contributed by atoms with Crippen molar-refractivity contribution in [1.82, 2.24) is 15.3 Å². The summed E-state index contributed by atoms with van der Waals surface area (Å²) in [6.45, 7) is 6.35. The molecule has 0 spiro atoms. The van der Waals surface area contributed by atoms with Gasteiger partial charge in [-0.2, -0.15) is 0 Å². The number of rotatable bonds is 2. The molecule has 0 atom stereocenters. The summed E-state index contributed by atoms with van der Waals surface area (Å²) in [5.74, 6) is 0.866. The van der Waals surface area contributed by atoms with Gasteiger partial charge in [0.15, 0.2) is 0 Å². The summed E-state index contributed by atoms with van der Waals surface area (Å²) < 4.78 is 0. The fraction of sp³-hybridized carbons (Fsp3) is 0.636. The summed E-state index contributed by atoms with van der Waals surface area (Å²) in [7, 11) is 0. The summed E-state index contributed by atoms with van der Waals surface area (Å²) in [4.78, 5) is 13.4. The normalized spacial score (nSPS) is 19.5. The van der Waals surface area contributed by atoms with Gasteiger partial charge >= 0.3 is 0 Å². The lowest BCUT2D eigenvalue weighted by Crippen LogP contribution is -2.44. The molecule has 6 heteroatoms. The Labute approximate surface area is 108 Å². The first-order chi connectivity index (χ1) is 7.93. The second-order valence-electron chi connectivity index (χ2n) is 4.32. The SMILES string of the molecule is Cl.c1nc(N2CCNCC2)ncc1N1CCC1. The van der Waals surface area contributed by atoms with Crippen LogP contribution in [-0.2, 0) is 0 Å². The lowest BCUT2D eigenvalue weighted by Gasteiger charge is -2.33. The number of hydrogen-bond donors (Lipinski definition) is 1. The average Bonchev–Trinajstić information content (AvgIpc) is 2.29. The monoisotopic (exact) mass is 255 g/mol. The zero-order valence-corrected chi connectivity index (χ0v) is 10.6. The van der Waals surface area contributed by atoms with Crippen LogP contribution in [0.25, 0.3) is 0 Å². The quantitative estimate of drug-likeness (QED) is 0.835. The van der Waals surface area contributed by atoms with E-state index in [-0.39, 0.29) is 12.4 Å². The minimum Gasteiger partial charge on any atom is -0.369 e. The van der Waals surface area contributed by atoms with E-state index in [0.29, 0.717) is 0 Å². The van der Waals surface area contributed by atoms with Crippen molar-refractivity contribution in [3.8, 4) is 0 Å². The van der Waals surface area contributed by atoms with Crippen LogP contribution in [0.15, 0.2) is 12.4 Å². The van der Waals surface area contributed by atoms with E-state index in [0.717, 1.165) is 50.9 Å². The van der Waals surface area contributed by atoms with Crippen LogP contribution in [0.4, 0.5) is 11.6 Å². The lowest BCUT2D eigenvalue weighted by molar-refractivity contribution is 0.578. The third-order valence-corrected chi connectivity index (χ3v) is 3.25. The minimum absolute atomic E-state index is 0. The highest BCUT2D eigenvalue weighted by Crippen LogP contribution is 2.19. The van der Waals surface area contributed by atoms with Crippen LogP contribution in [0.2, 0.25) is 0 Å². The summed E-state index contributed by atoms with van der Waals surface area (Å²) in [5, 5.41) is 3.33. The Hall–Kier alpha value is -1.07. The van der Waals surface area contributed by atoms with E-state index in [4.69, 9.17) is 0 Å². The molecule has 0 radical (unpaired) electrons. The molecule has 3 heterocycles. The summed E-state index contributed by atoms with van der Waals surface area (Å²) in [6.07, 6.45) is 5.19. The molecule has 0 aromatic carbocycles. The van der Waals surface area contributed by atoms with E-state index in [1.54, 1.807) is 0 Å². The molecule has 94 valence electrons. The molecule has 0 aliphatic carbocycles. The van der Waals surface area contributed by atoms with Gasteiger partial charge in [0.2, 0.25) is 5.95 Å². The van der Waals surface area contributed by atoms with Crippen molar-refractivity contribution in [2.75, 3.05) is 49.1 Å². The van der Waals surface area contributed by atoms with Crippen molar-refractivity contribution >= 4 is 24.0 Å². The third-order valence-electron chi connectivity index (χ3n) is 3.25. The first kappa shape index (κ1) is 12.4. The highest BCUT2D eigenvalue weighted by Gasteiger charge is 2.17. The van der Waals surface area contributed by atoms with E-state index in [9.17, 15) is 0 Å². The Kier molecular flexibility index (Phi) is 4.02. The molecular formula is C11H18ClN5. The molecule has 2 aliphatic rings. The number of nitrogens with one attached hydrogen (secondary N) is 1. The Morgan fingerprint density at radius 2 is 1.59 bits per heavy atom. The maximum Gasteiger partial charge on any atom is 0.225 e. The molecule has 1 N–H and O–H groups in total. The average molecular weight is 256 g/mol. The van der Waals surface area contributed by atoms with Crippen LogP contribution >= 0.6 is 12.4 Å². The second-order valence-corrected chi connectivity index (χ2v) is 4.32. The molecule has 0 bridgehead atoms. The van der Waals surface area contributed by atoms with Crippen molar-refractivity contribution < 1.29 is 0 Å². The molecule has 5 nitrogen and oxygen atoms in total. The fourth-order valence-electron chi connectivity index (χ4n) is 2.08. The van der Waals surface area contributed by atoms with Crippen molar-refractivity contribution in [2.45, 2.75) is 6.42 Å². The number of aromatic nitrogens is 2. The molecule has 1 aromatic heterocycles. The molecule has 2 saturated heterocycles. The van der Waals surface area contributed by atoms with Crippen LogP contribution < -0.4 is 15.1 Å². The summed E-state index contributed by atoms with van der Waals surface area (Å²) in [5.41, 5.74) is 1.16. The van der Waals surface area contributed by atoms with Crippen LogP contribution in [0.1, 0.15) is 6.42 Å². The van der Waals surface area contributed by atoms with Crippen LogP contribution in [0.5, 0.6) is 0 Å². The molecular weight excluding hydrogens is 238 g/mol. The van der Waals surface area contributed by atoms with E-state index in [2.05, 4.69) is 25.1 Å². The van der Waals surface area contributed by atoms with Gasteiger partial charge in [-0.3, -0.25) is 0 Å². The van der Waals surface area contributed by atoms with Crippen molar-refractivity contribution in [3.63, 3.8) is 0 Å². The maximum absolute atomic E-state index is 4.45. The third kappa shape index (κ3) is 2.61. The zero-order chi connectivity index (χ0) is 10.8. The zero-order valence-electron chi connectivity index (χ0n) is 9.80. The van der Waals surface area contributed by atoms with Gasteiger partial charge < -0.3 is 15.1 Å². The smallest absolute Gasteiger partial charge is 0.225 e. The van der Waals surface area contributed by atoms with Crippen LogP contribution in [0.3, 0.4) is 0 Å². The Morgan fingerprint density at radius 1 is 0.941 bits per heavy atom. The fourth-order valence-corrected chi connectivity index (χ4v) is 2.08. The predicted octanol–water partition coefficient (Wildman–Crippen LogP) is 0.518. The number of piperazine rings is 1. The largest absolute Gasteiger partial charge is 0.369 e. The van der Waals surface area contributed by atoms with E-state index >= 15 is 0 Å². The van der Waals surface area contributed by atoms with Gasteiger partial charge in [-0.1, -0.05) is 0 Å². The van der Waals surface area contributed by atoms with Gasteiger partial charge in [-0.15, -0.1) is 12.4 Å². The van der Waals surface area contributed by atoms with Gasteiger partial charge in [-0.25, -0.2) is 9.97 Å². The van der Waals surface area contributed by atoms with Crippen molar-refractivity contribution in [3.05, 3.63) is 12.4 Å². The van der Waals surface area contributed by atoms with Gasteiger partial charge in [-0.05, 0) is 6.42 Å². The van der Waals surface area contributed by atoms with Gasteiger partial charge in [0, 0.05) is 39.3 Å². The van der Waals surface area contributed by atoms with Crippen molar-refractivity contribution in [2.24, 2.45) is 0 Å². The topological polar surface area (TPSA) is 44.3 Å². The standard InChI is InChI=1S/C11H17N5.ClH/c1-4-15(5-1)10-8-13-11(14-9-10)16-6-2-12-3-7-16;/h8-9,12H,1-7H2;1H. The van der Waals surface area contributed by atoms with Gasteiger partial charge in [0.25, 0.3) is 0 Å². The highest BCUT2D eigenvalue weighted by molar-refractivity contribution is 5.85. The molecule has 1 aromatic rings. The first-order valence-corrected chi connectivity index (χ1v) is 5.96. The number of anilines is 2. The minimum atomic E-state index is 0. The van der Waals surface area contributed by atoms with E-state index < -0.39 is 0 Å². The highest BCUT2D eigenvalue weighted by atomic mass is 35.5. The first-order valence-electron chi connectivity index (χ1n) is 5.96. The molecule has 17 heavy (non-hydrogen) atoms. The molecule has 2 aliphatic heterocycles. The number of hydrogen-bond acceptors (Lipinski definition) is 5. The molecule has 0 amide bonds. The van der Waals surface area contributed by atoms with Crippen LogP contribution in [0, 0.1) is 0 Å². The number of nitrogens with zero attached hydrogens (tertiary/aromatic N) is 4. The molecule has 0 unspecified atom stereocenters. The second kappa shape index (κ2) is 5.51. The Bertz CT molecular complexity index is 345. The Morgan fingerprint density at radius 3 is 2.12 bits per heavy atom. The lowest BCUT2D eigenvalue weighted by atomic mass is 10.2. The predicted molar refractivity (Wildman–Crippen MR) is 71.2 cm³/mol. The molecule has 3 rings (SSSR count). The summed E-state index contributed by atoms with van der Waals surface area (Å²) >= 11 is 0. The molecule has 2 fully saturated rings. The van der Waals surface area contributed by atoms with Gasteiger partial charge in [0.1, 0.15) is 0 Å². The maximum atomic E-state index is 4.45. The van der Waals surface area contributed by atoms with Gasteiger partial charge in [0.05, 0.1) is 18.1 Å².